The Labute approximate surface area is 209 Å². The van der Waals surface area contributed by atoms with Crippen LogP contribution >= 0.6 is 11.6 Å². The number of benzene rings is 3. The second kappa shape index (κ2) is 12.0. The van der Waals surface area contributed by atoms with E-state index in [0.29, 0.717) is 23.3 Å². The number of unbranched alkanes of at least 4 members (excludes halogenated alkanes) is 2. The molecule has 0 aliphatic carbocycles. The first kappa shape index (κ1) is 24.2. The molecule has 0 saturated carbocycles. The highest BCUT2D eigenvalue weighted by atomic mass is 35.5. The van der Waals surface area contributed by atoms with Gasteiger partial charge in [-0.25, -0.2) is 4.98 Å². The molecule has 3 aromatic carbocycles. The lowest BCUT2D eigenvalue weighted by atomic mass is 10.0. The predicted molar refractivity (Wildman–Crippen MR) is 141 cm³/mol. The Morgan fingerprint density at radius 2 is 1.50 bits per heavy atom. The maximum absolute atomic E-state index is 13.5. The van der Waals surface area contributed by atoms with Gasteiger partial charge in [0.15, 0.2) is 5.16 Å². The van der Waals surface area contributed by atoms with Crippen molar-refractivity contribution in [2.24, 2.45) is 0 Å². The van der Waals surface area contributed by atoms with E-state index in [0.717, 1.165) is 53.1 Å². The molecule has 176 valence electrons. The molecule has 1 atom stereocenters. The van der Waals surface area contributed by atoms with E-state index >= 15 is 0 Å². The quantitative estimate of drug-likeness (QED) is 0.171. The molecular formula is C28H29ClN2O2S. The van der Waals surface area contributed by atoms with Gasteiger partial charge in [0.2, 0.25) is 0 Å². The van der Waals surface area contributed by atoms with Crippen molar-refractivity contribution in [3.63, 3.8) is 0 Å². The number of hydrogen-bond acceptors (Lipinski definition) is 3. The Kier molecular flexibility index (Phi) is 8.56. The Morgan fingerprint density at radius 1 is 0.853 bits per heavy atom. The molecule has 0 bridgehead atoms. The Hall–Kier alpha value is -2.89. The monoisotopic (exact) mass is 492 g/mol. The number of rotatable bonds is 11. The average molecular weight is 493 g/mol. The van der Waals surface area contributed by atoms with E-state index < -0.39 is 10.8 Å². The van der Waals surface area contributed by atoms with Gasteiger partial charge >= 0.3 is 0 Å². The van der Waals surface area contributed by atoms with Crippen LogP contribution in [0.5, 0.6) is 5.75 Å². The SMILES string of the molecule is COc1ccc(Cn2c(S(=O)CCCCCCl)nc(-c3ccccc3)c2-c2ccccc2)cc1. The maximum Gasteiger partial charge on any atom is 0.200 e. The molecule has 1 heterocycles. The van der Waals surface area contributed by atoms with Crippen LogP contribution in [-0.4, -0.2) is 32.5 Å². The lowest BCUT2D eigenvalue weighted by Crippen LogP contribution is -2.11. The van der Waals surface area contributed by atoms with Gasteiger partial charge in [0.1, 0.15) is 5.75 Å². The lowest BCUT2D eigenvalue weighted by molar-refractivity contribution is 0.414. The summed E-state index contributed by atoms with van der Waals surface area (Å²) >= 11 is 5.83. The number of nitrogens with zero attached hydrogens (tertiary/aromatic N) is 2. The van der Waals surface area contributed by atoms with E-state index in [4.69, 9.17) is 21.3 Å². The van der Waals surface area contributed by atoms with Gasteiger partial charge in [0.25, 0.3) is 0 Å². The molecule has 0 amide bonds. The first-order chi connectivity index (χ1) is 16.7. The second-order valence-corrected chi connectivity index (χ2v) is 9.90. The lowest BCUT2D eigenvalue weighted by Gasteiger charge is -2.14. The van der Waals surface area contributed by atoms with Crippen molar-refractivity contribution in [2.45, 2.75) is 31.0 Å². The summed E-state index contributed by atoms with van der Waals surface area (Å²) in [6.07, 6.45) is 2.76. The molecule has 0 aliphatic heterocycles. The fraction of sp³-hybridized carbons (Fsp3) is 0.250. The first-order valence-electron chi connectivity index (χ1n) is 11.5. The third-order valence-electron chi connectivity index (χ3n) is 5.69. The summed E-state index contributed by atoms with van der Waals surface area (Å²) in [6.45, 7) is 0.566. The van der Waals surface area contributed by atoms with Crippen molar-refractivity contribution in [3.05, 3.63) is 90.5 Å². The number of hydrogen-bond donors (Lipinski definition) is 0. The summed E-state index contributed by atoms with van der Waals surface area (Å²) in [5, 5.41) is 0.611. The zero-order chi connectivity index (χ0) is 23.8. The fourth-order valence-electron chi connectivity index (χ4n) is 3.95. The molecule has 6 heteroatoms. The van der Waals surface area contributed by atoms with Crippen molar-refractivity contribution in [1.29, 1.82) is 0 Å². The summed E-state index contributed by atoms with van der Waals surface area (Å²) in [6, 6.07) is 28.3. The molecule has 4 aromatic rings. The summed E-state index contributed by atoms with van der Waals surface area (Å²) in [5.41, 5.74) is 4.98. The van der Waals surface area contributed by atoms with Crippen LogP contribution < -0.4 is 4.74 Å². The minimum atomic E-state index is -1.23. The van der Waals surface area contributed by atoms with Gasteiger partial charge < -0.3 is 9.30 Å². The molecule has 0 saturated heterocycles. The molecular weight excluding hydrogens is 464 g/mol. The molecule has 34 heavy (non-hydrogen) atoms. The molecule has 0 radical (unpaired) electrons. The van der Waals surface area contributed by atoms with Gasteiger partial charge in [0, 0.05) is 22.8 Å². The average Bonchev–Trinajstić information content (AvgIpc) is 3.27. The predicted octanol–water partition coefficient (Wildman–Crippen LogP) is 6.79. The van der Waals surface area contributed by atoms with E-state index in [-0.39, 0.29) is 0 Å². The van der Waals surface area contributed by atoms with E-state index in [9.17, 15) is 4.21 Å². The molecule has 1 aromatic heterocycles. The van der Waals surface area contributed by atoms with Gasteiger partial charge in [-0.1, -0.05) is 79.2 Å². The Balaban J connectivity index is 1.83. The van der Waals surface area contributed by atoms with Gasteiger partial charge in [-0.3, -0.25) is 4.21 Å². The highest BCUT2D eigenvalue weighted by molar-refractivity contribution is 7.84. The van der Waals surface area contributed by atoms with Crippen molar-refractivity contribution >= 4 is 22.4 Å². The molecule has 0 aliphatic rings. The van der Waals surface area contributed by atoms with E-state index in [1.807, 2.05) is 60.7 Å². The molecule has 0 spiro atoms. The van der Waals surface area contributed by atoms with Crippen molar-refractivity contribution in [3.8, 4) is 28.3 Å². The maximum atomic E-state index is 13.5. The van der Waals surface area contributed by atoms with E-state index in [2.05, 4.69) is 28.8 Å². The normalized spacial score (nSPS) is 11.9. The largest absolute Gasteiger partial charge is 0.497 e. The van der Waals surface area contributed by atoms with Crippen LogP contribution in [-0.2, 0) is 17.3 Å². The minimum Gasteiger partial charge on any atom is -0.497 e. The third-order valence-corrected chi connectivity index (χ3v) is 7.34. The van der Waals surface area contributed by atoms with Gasteiger partial charge in [0.05, 0.1) is 35.8 Å². The fourth-order valence-corrected chi connectivity index (χ4v) is 5.38. The zero-order valence-corrected chi connectivity index (χ0v) is 20.9. The Bertz CT molecular complexity index is 1210. The number of imidazole rings is 1. The molecule has 4 rings (SSSR count). The van der Waals surface area contributed by atoms with Gasteiger partial charge in [-0.2, -0.15) is 0 Å². The van der Waals surface area contributed by atoms with E-state index in [1.54, 1.807) is 7.11 Å². The smallest absolute Gasteiger partial charge is 0.200 e. The molecule has 0 fully saturated rings. The highest BCUT2D eigenvalue weighted by Gasteiger charge is 2.23. The summed E-state index contributed by atoms with van der Waals surface area (Å²) in [4.78, 5) is 5.00. The summed E-state index contributed by atoms with van der Waals surface area (Å²) in [5.74, 6) is 2.01. The number of methoxy groups -OCH3 is 1. The standard InChI is InChI=1S/C28H29ClN2O2S/c1-33-25-17-15-22(16-18-25)21-31-27(24-13-7-3-8-14-24)26(23-11-5-2-6-12-23)30-28(31)34(32)20-10-4-9-19-29/h2-3,5-8,11-18H,4,9-10,19-21H2,1H3. The van der Waals surface area contributed by atoms with Crippen LogP contribution in [0.2, 0.25) is 0 Å². The van der Waals surface area contributed by atoms with Gasteiger partial charge in [-0.05, 0) is 30.5 Å². The van der Waals surface area contributed by atoms with Crippen LogP contribution in [0.4, 0.5) is 0 Å². The van der Waals surface area contributed by atoms with Crippen LogP contribution in [0.15, 0.2) is 90.1 Å². The van der Waals surface area contributed by atoms with Crippen molar-refractivity contribution < 1.29 is 8.95 Å². The first-order valence-corrected chi connectivity index (χ1v) is 13.3. The van der Waals surface area contributed by atoms with Crippen LogP contribution in [0.1, 0.15) is 24.8 Å². The summed E-state index contributed by atoms with van der Waals surface area (Å²) in [7, 11) is 0.432. The topological polar surface area (TPSA) is 44.1 Å². The zero-order valence-electron chi connectivity index (χ0n) is 19.3. The third kappa shape index (κ3) is 5.78. The second-order valence-electron chi connectivity index (χ2n) is 8.06. The van der Waals surface area contributed by atoms with Gasteiger partial charge in [-0.15, -0.1) is 11.6 Å². The van der Waals surface area contributed by atoms with Crippen LogP contribution in [0, 0.1) is 0 Å². The molecule has 0 N–H and O–H groups in total. The van der Waals surface area contributed by atoms with Crippen molar-refractivity contribution in [1.82, 2.24) is 9.55 Å². The Morgan fingerprint density at radius 3 is 2.12 bits per heavy atom. The molecule has 4 nitrogen and oxygen atoms in total. The number of aromatic nitrogens is 2. The molecule has 1 unspecified atom stereocenters. The minimum absolute atomic E-state index is 0.566. The van der Waals surface area contributed by atoms with Crippen LogP contribution in [0.25, 0.3) is 22.5 Å². The number of alkyl halides is 1. The highest BCUT2D eigenvalue weighted by Crippen LogP contribution is 2.34. The van der Waals surface area contributed by atoms with E-state index in [1.165, 1.54) is 0 Å². The number of ether oxygens (including phenoxy) is 1. The summed E-state index contributed by atoms with van der Waals surface area (Å²) < 4.78 is 21.0. The number of halogens is 1. The van der Waals surface area contributed by atoms with Crippen molar-refractivity contribution in [2.75, 3.05) is 18.7 Å². The van der Waals surface area contributed by atoms with Crippen LogP contribution in [0.3, 0.4) is 0 Å².